The number of rotatable bonds is 10. The summed E-state index contributed by atoms with van der Waals surface area (Å²) >= 11 is 0. The molecule has 4 rings (SSSR count). The van der Waals surface area contributed by atoms with E-state index in [0.717, 1.165) is 29.7 Å². The number of ketones is 1. The lowest BCUT2D eigenvalue weighted by Crippen LogP contribution is -2.30. The molecule has 7 nitrogen and oxygen atoms in total. The van der Waals surface area contributed by atoms with Crippen LogP contribution in [0.2, 0.25) is 0 Å². The van der Waals surface area contributed by atoms with E-state index in [1.807, 2.05) is 6.07 Å². The number of benzene rings is 1. The van der Waals surface area contributed by atoms with Crippen LogP contribution in [-0.2, 0) is 12.0 Å². The Morgan fingerprint density at radius 2 is 1.97 bits per heavy atom. The van der Waals surface area contributed by atoms with Crippen molar-refractivity contribution in [3.8, 4) is 11.5 Å². The number of hydrogen-bond donors (Lipinski definition) is 2. The Bertz CT molecular complexity index is 1090. The number of fused-ring (bicyclic) bond motifs is 1. The maximum absolute atomic E-state index is 13.4. The molecule has 0 bridgehead atoms. The van der Waals surface area contributed by atoms with E-state index in [4.69, 9.17) is 25.6 Å². The summed E-state index contributed by atoms with van der Waals surface area (Å²) in [5, 5.41) is 8.64. The van der Waals surface area contributed by atoms with Crippen LogP contribution in [0.25, 0.3) is 0 Å². The molecule has 1 saturated carbocycles. The van der Waals surface area contributed by atoms with Gasteiger partial charge >= 0.3 is 0 Å². The molecule has 2 heterocycles. The van der Waals surface area contributed by atoms with Crippen LogP contribution in [0.1, 0.15) is 85.2 Å². The molecule has 8 heteroatoms. The number of nitrogens with two attached hydrogens (primary N) is 1. The summed E-state index contributed by atoms with van der Waals surface area (Å²) in [6, 6.07) is 7.81. The second kappa shape index (κ2) is 11.1. The Labute approximate surface area is 218 Å². The summed E-state index contributed by atoms with van der Waals surface area (Å²) in [6.45, 7) is 8.05. The van der Waals surface area contributed by atoms with Crippen LogP contribution in [0.3, 0.4) is 0 Å². The minimum Gasteiger partial charge on any atom is -0.493 e. The van der Waals surface area contributed by atoms with Gasteiger partial charge in [0.25, 0.3) is 0 Å². The number of pyridine rings is 1. The van der Waals surface area contributed by atoms with Crippen molar-refractivity contribution in [2.75, 3.05) is 26.8 Å². The number of carbonyl (C=O) groups excluding carboxylic acids is 1. The number of ether oxygens (including phenoxy) is 2. The number of unbranched alkanes of at least 4 members (excludes halogenated alkanes) is 1. The monoisotopic (exact) mass is 544 g/mol. The minimum absolute atomic E-state index is 0. The van der Waals surface area contributed by atoms with Crippen LogP contribution in [-0.4, -0.2) is 48.3 Å². The van der Waals surface area contributed by atoms with Crippen LogP contribution in [0.4, 0.5) is 0 Å². The second-order valence-corrected chi connectivity index (χ2v) is 10.3. The molecule has 1 aromatic heterocycles. The number of amidine groups is 1. The van der Waals surface area contributed by atoms with Gasteiger partial charge in [-0.05, 0) is 55.8 Å². The van der Waals surface area contributed by atoms with Crippen molar-refractivity contribution in [3.63, 3.8) is 0 Å². The van der Waals surface area contributed by atoms with E-state index in [2.05, 4.69) is 32.9 Å². The molecule has 0 atom stereocenters. The molecular weight excluding hydrogens is 508 g/mol. The first-order chi connectivity index (χ1) is 16.2. The van der Waals surface area contributed by atoms with Gasteiger partial charge in [-0.1, -0.05) is 26.8 Å². The van der Waals surface area contributed by atoms with Crippen molar-refractivity contribution >= 4 is 28.6 Å². The van der Waals surface area contributed by atoms with Gasteiger partial charge in [-0.3, -0.25) is 10.2 Å². The number of Topliss-reactive ketones (excluding diaryl/α,β-unsaturated/α-hetero) is 1. The highest BCUT2D eigenvalue weighted by molar-refractivity contribution is 8.93. The van der Waals surface area contributed by atoms with Crippen molar-refractivity contribution in [3.05, 3.63) is 52.3 Å². The van der Waals surface area contributed by atoms with Crippen molar-refractivity contribution in [2.45, 2.75) is 64.3 Å². The van der Waals surface area contributed by atoms with Crippen LogP contribution < -0.4 is 15.2 Å². The minimum atomic E-state index is -0.239. The topological polar surface area (TPSA) is 102 Å². The summed E-state index contributed by atoms with van der Waals surface area (Å²) in [5.41, 5.74) is 9.64. The van der Waals surface area contributed by atoms with Gasteiger partial charge in [-0.2, -0.15) is 0 Å². The zero-order chi connectivity index (χ0) is 24.5. The zero-order valence-corrected chi connectivity index (χ0v) is 22.9. The Kier molecular flexibility index (Phi) is 8.59. The smallest absolute Gasteiger partial charge is 0.182 e. The molecule has 190 valence electrons. The molecule has 0 spiro atoms. The molecule has 3 N–H and O–H groups in total. The van der Waals surface area contributed by atoms with Gasteiger partial charge in [-0.15, -0.1) is 17.0 Å². The fourth-order valence-corrected chi connectivity index (χ4v) is 4.34. The normalized spacial score (nSPS) is 15.0. The van der Waals surface area contributed by atoms with Crippen molar-refractivity contribution in [1.29, 1.82) is 5.41 Å². The fourth-order valence-electron chi connectivity index (χ4n) is 4.34. The first-order valence-corrected chi connectivity index (χ1v) is 12.1. The first-order valence-electron chi connectivity index (χ1n) is 12.1. The van der Waals surface area contributed by atoms with Gasteiger partial charge in [0.15, 0.2) is 17.3 Å². The number of carbonyl (C=O) groups is 1. The van der Waals surface area contributed by atoms with E-state index in [0.29, 0.717) is 54.2 Å². The van der Waals surface area contributed by atoms with Gasteiger partial charge in [-0.25, -0.2) is 4.98 Å². The molecule has 1 aliphatic carbocycles. The third-order valence-corrected chi connectivity index (χ3v) is 6.48. The third-order valence-electron chi connectivity index (χ3n) is 6.48. The molecule has 1 aromatic carbocycles. The number of nitrogens with one attached hydrogen (secondary N) is 1. The molecule has 0 amide bonds. The number of methoxy groups -OCH3 is 1. The molecule has 1 aliphatic heterocycles. The first kappa shape index (κ1) is 27.1. The maximum atomic E-state index is 13.4. The predicted octanol–water partition coefficient (Wildman–Crippen LogP) is 4.98. The standard InChI is InChI=1S/C27H36N4O3.BrH/c1-27(2,3)20-13-19(14-23(25(20)33-4)34-12-6-5-11-28)22(32)16-31-15-18-9-10-21(17-7-8-17)30-24(18)26(31)29;/h9-10,13-14,17,29H,5-8,11-12,15-16,28H2,1-4H3;1H. The van der Waals surface area contributed by atoms with E-state index < -0.39 is 0 Å². The van der Waals surface area contributed by atoms with Crippen LogP contribution >= 0.6 is 17.0 Å². The summed E-state index contributed by atoms with van der Waals surface area (Å²) in [5.74, 6) is 2.04. The van der Waals surface area contributed by atoms with Crippen LogP contribution in [0, 0.1) is 5.41 Å². The molecule has 0 radical (unpaired) electrons. The summed E-state index contributed by atoms with van der Waals surface area (Å²) in [4.78, 5) is 20.0. The van der Waals surface area contributed by atoms with Crippen molar-refractivity contribution in [2.24, 2.45) is 5.73 Å². The number of nitrogens with zero attached hydrogens (tertiary/aromatic N) is 2. The van der Waals surface area contributed by atoms with Crippen LogP contribution in [0.5, 0.6) is 11.5 Å². The number of aromatic nitrogens is 1. The van der Waals surface area contributed by atoms with Gasteiger partial charge in [0.2, 0.25) is 0 Å². The number of halogens is 1. The maximum Gasteiger partial charge on any atom is 0.182 e. The highest BCUT2D eigenvalue weighted by Crippen LogP contribution is 2.41. The van der Waals surface area contributed by atoms with Crippen LogP contribution in [0.15, 0.2) is 24.3 Å². The quantitative estimate of drug-likeness (QED) is 0.323. The Hall–Kier alpha value is -2.45. The van der Waals surface area contributed by atoms with Crippen molar-refractivity contribution in [1.82, 2.24) is 9.88 Å². The highest BCUT2D eigenvalue weighted by Gasteiger charge is 2.32. The summed E-state index contributed by atoms with van der Waals surface area (Å²) < 4.78 is 11.8. The predicted molar refractivity (Wildman–Crippen MR) is 144 cm³/mol. The molecule has 1 fully saturated rings. The Morgan fingerprint density at radius 3 is 2.60 bits per heavy atom. The Balaban J connectivity index is 0.00000342. The van der Waals surface area contributed by atoms with Gasteiger partial charge in [0, 0.05) is 34.8 Å². The fraction of sp³-hybridized carbons (Fsp3) is 0.519. The lowest BCUT2D eigenvalue weighted by Gasteiger charge is -2.25. The molecular formula is C27H37BrN4O3. The van der Waals surface area contributed by atoms with Gasteiger partial charge in [0.1, 0.15) is 11.5 Å². The highest BCUT2D eigenvalue weighted by atomic mass is 79.9. The molecule has 2 aromatic rings. The molecule has 35 heavy (non-hydrogen) atoms. The molecule has 2 aliphatic rings. The summed E-state index contributed by atoms with van der Waals surface area (Å²) in [6.07, 6.45) is 4.06. The molecule has 0 saturated heterocycles. The average Bonchev–Trinajstić information content (AvgIpc) is 3.61. The second-order valence-electron chi connectivity index (χ2n) is 10.3. The number of hydrogen-bond acceptors (Lipinski definition) is 6. The van der Waals surface area contributed by atoms with E-state index in [-0.39, 0.29) is 34.7 Å². The van der Waals surface area contributed by atoms with Gasteiger partial charge < -0.3 is 20.1 Å². The average molecular weight is 546 g/mol. The lowest BCUT2D eigenvalue weighted by molar-refractivity contribution is 0.0962. The molecule has 0 unspecified atom stereocenters. The SMILES string of the molecule is Br.COc1c(OCCCCN)cc(C(=O)CN2Cc3ccc(C4CC4)nc3C2=N)cc1C(C)(C)C. The largest absolute Gasteiger partial charge is 0.493 e. The van der Waals surface area contributed by atoms with E-state index in [1.165, 1.54) is 12.8 Å². The van der Waals surface area contributed by atoms with Gasteiger partial charge in [0.05, 0.1) is 20.3 Å². The van der Waals surface area contributed by atoms with E-state index in [1.54, 1.807) is 18.1 Å². The van der Waals surface area contributed by atoms with Crippen molar-refractivity contribution < 1.29 is 14.3 Å². The van der Waals surface area contributed by atoms with E-state index in [9.17, 15) is 4.79 Å². The lowest BCUT2D eigenvalue weighted by atomic mass is 9.84. The Morgan fingerprint density at radius 1 is 1.23 bits per heavy atom. The zero-order valence-electron chi connectivity index (χ0n) is 21.1. The van der Waals surface area contributed by atoms with E-state index >= 15 is 0 Å². The summed E-state index contributed by atoms with van der Waals surface area (Å²) in [7, 11) is 1.63. The third kappa shape index (κ3) is 6.04.